The van der Waals surface area contributed by atoms with Gasteiger partial charge in [-0.15, -0.1) is 11.3 Å². The lowest BCUT2D eigenvalue weighted by Crippen LogP contribution is -2.00. The number of aromatic nitrogens is 2. The lowest BCUT2D eigenvalue weighted by Gasteiger charge is -2.03. The van der Waals surface area contributed by atoms with Gasteiger partial charge in [-0.1, -0.05) is 11.6 Å². The maximum absolute atomic E-state index is 5.85. The SMILES string of the molecule is Clc1nccnc1NCc1ccc(Br)s1. The molecule has 0 bridgehead atoms. The van der Waals surface area contributed by atoms with Crippen molar-refractivity contribution in [3.63, 3.8) is 0 Å². The smallest absolute Gasteiger partial charge is 0.171 e. The molecule has 2 aromatic rings. The van der Waals surface area contributed by atoms with Crippen molar-refractivity contribution in [1.82, 2.24) is 9.97 Å². The molecule has 0 aromatic carbocycles. The first-order chi connectivity index (χ1) is 7.25. The molecule has 0 saturated carbocycles. The van der Waals surface area contributed by atoms with E-state index in [1.807, 2.05) is 12.1 Å². The van der Waals surface area contributed by atoms with E-state index >= 15 is 0 Å². The molecule has 0 spiro atoms. The molecule has 15 heavy (non-hydrogen) atoms. The molecule has 0 fully saturated rings. The first kappa shape index (κ1) is 10.9. The van der Waals surface area contributed by atoms with Crippen LogP contribution in [0.4, 0.5) is 5.82 Å². The fraction of sp³-hybridized carbons (Fsp3) is 0.111. The Morgan fingerprint density at radius 2 is 2.13 bits per heavy atom. The van der Waals surface area contributed by atoms with E-state index in [-0.39, 0.29) is 0 Å². The van der Waals surface area contributed by atoms with E-state index < -0.39 is 0 Å². The Hall–Kier alpha value is -0.650. The first-order valence-corrected chi connectivity index (χ1v) is 6.19. The predicted octanol–water partition coefficient (Wildman–Crippen LogP) is 3.57. The first-order valence-electron chi connectivity index (χ1n) is 4.20. The minimum absolute atomic E-state index is 0.396. The van der Waals surface area contributed by atoms with Crippen molar-refractivity contribution >= 4 is 44.7 Å². The Morgan fingerprint density at radius 3 is 2.80 bits per heavy atom. The number of nitrogens with one attached hydrogen (secondary N) is 1. The number of thiophene rings is 1. The Morgan fingerprint density at radius 1 is 1.33 bits per heavy atom. The second-order valence-electron chi connectivity index (χ2n) is 2.76. The topological polar surface area (TPSA) is 37.8 Å². The van der Waals surface area contributed by atoms with E-state index in [4.69, 9.17) is 11.6 Å². The van der Waals surface area contributed by atoms with Gasteiger partial charge in [0.05, 0.1) is 10.3 Å². The van der Waals surface area contributed by atoms with E-state index in [1.54, 1.807) is 23.7 Å². The Bertz CT molecular complexity index is 460. The second-order valence-corrected chi connectivity index (χ2v) is 5.66. The van der Waals surface area contributed by atoms with Gasteiger partial charge in [-0.05, 0) is 28.1 Å². The summed E-state index contributed by atoms with van der Waals surface area (Å²) in [7, 11) is 0. The second kappa shape index (κ2) is 4.92. The molecule has 0 atom stereocenters. The van der Waals surface area contributed by atoms with Crippen LogP contribution in [0.2, 0.25) is 5.15 Å². The van der Waals surface area contributed by atoms with Gasteiger partial charge >= 0.3 is 0 Å². The summed E-state index contributed by atoms with van der Waals surface area (Å²) < 4.78 is 1.12. The molecule has 2 rings (SSSR count). The van der Waals surface area contributed by atoms with Crippen LogP contribution in [-0.4, -0.2) is 9.97 Å². The van der Waals surface area contributed by atoms with Crippen molar-refractivity contribution in [3.8, 4) is 0 Å². The van der Waals surface area contributed by atoms with Crippen molar-refractivity contribution in [2.24, 2.45) is 0 Å². The summed E-state index contributed by atoms with van der Waals surface area (Å²) >= 11 is 10.9. The van der Waals surface area contributed by atoms with E-state index in [2.05, 4.69) is 31.2 Å². The van der Waals surface area contributed by atoms with Gasteiger partial charge in [0.25, 0.3) is 0 Å². The largest absolute Gasteiger partial charge is 0.363 e. The van der Waals surface area contributed by atoms with Crippen LogP contribution in [0.1, 0.15) is 4.88 Å². The van der Waals surface area contributed by atoms with Crippen LogP contribution in [0.25, 0.3) is 0 Å². The van der Waals surface area contributed by atoms with Gasteiger partial charge < -0.3 is 5.32 Å². The van der Waals surface area contributed by atoms with Gasteiger partial charge in [-0.25, -0.2) is 9.97 Å². The van der Waals surface area contributed by atoms with Crippen LogP contribution in [0, 0.1) is 0 Å². The zero-order valence-corrected chi connectivity index (χ0v) is 10.7. The average molecular weight is 305 g/mol. The molecule has 0 aliphatic heterocycles. The molecule has 2 heterocycles. The van der Waals surface area contributed by atoms with Crippen LogP contribution in [0.15, 0.2) is 28.3 Å². The van der Waals surface area contributed by atoms with Gasteiger partial charge in [-0.2, -0.15) is 0 Å². The number of rotatable bonds is 3. The molecule has 0 aliphatic rings. The monoisotopic (exact) mass is 303 g/mol. The van der Waals surface area contributed by atoms with Gasteiger partial charge in [0, 0.05) is 17.3 Å². The van der Waals surface area contributed by atoms with Crippen molar-refractivity contribution in [3.05, 3.63) is 38.3 Å². The predicted molar refractivity (Wildman–Crippen MR) is 66.4 cm³/mol. The van der Waals surface area contributed by atoms with E-state index in [0.717, 1.165) is 3.79 Å². The lowest BCUT2D eigenvalue weighted by atomic mass is 10.4. The molecule has 6 heteroatoms. The van der Waals surface area contributed by atoms with Crippen LogP contribution in [0.3, 0.4) is 0 Å². The Kier molecular flexibility index (Phi) is 3.56. The zero-order chi connectivity index (χ0) is 10.7. The fourth-order valence-electron chi connectivity index (χ4n) is 1.06. The highest BCUT2D eigenvalue weighted by atomic mass is 79.9. The maximum atomic E-state index is 5.85. The maximum Gasteiger partial charge on any atom is 0.171 e. The lowest BCUT2D eigenvalue weighted by molar-refractivity contribution is 1.11. The average Bonchev–Trinajstić information content (AvgIpc) is 2.63. The Balaban J connectivity index is 2.02. The van der Waals surface area contributed by atoms with Gasteiger partial charge in [0.1, 0.15) is 0 Å². The van der Waals surface area contributed by atoms with Crippen LogP contribution < -0.4 is 5.32 Å². The summed E-state index contributed by atoms with van der Waals surface area (Å²) in [4.78, 5) is 9.23. The molecule has 78 valence electrons. The van der Waals surface area contributed by atoms with Crippen LogP contribution in [0.5, 0.6) is 0 Å². The molecular formula is C9H7BrClN3S. The summed E-state index contributed by atoms with van der Waals surface area (Å²) in [6.07, 6.45) is 3.17. The number of hydrogen-bond acceptors (Lipinski definition) is 4. The molecule has 3 nitrogen and oxygen atoms in total. The molecular weight excluding hydrogens is 298 g/mol. The third kappa shape index (κ3) is 2.90. The highest BCUT2D eigenvalue weighted by Gasteiger charge is 2.02. The molecule has 0 amide bonds. The summed E-state index contributed by atoms with van der Waals surface area (Å²) in [5, 5.41) is 3.52. The molecule has 0 unspecified atom stereocenters. The molecule has 0 aliphatic carbocycles. The van der Waals surface area contributed by atoms with Gasteiger partial charge in [-0.3, -0.25) is 0 Å². The van der Waals surface area contributed by atoms with Gasteiger partial charge in [0.15, 0.2) is 11.0 Å². The fourth-order valence-corrected chi connectivity index (χ4v) is 2.65. The van der Waals surface area contributed by atoms with Gasteiger partial charge in [0.2, 0.25) is 0 Å². The van der Waals surface area contributed by atoms with Crippen LogP contribution >= 0.6 is 38.9 Å². The number of nitrogens with zero attached hydrogens (tertiary/aromatic N) is 2. The van der Waals surface area contributed by atoms with Crippen LogP contribution in [-0.2, 0) is 6.54 Å². The number of halogens is 2. The summed E-state index contributed by atoms with van der Waals surface area (Å²) in [5.41, 5.74) is 0. The Labute approximate surface area is 105 Å². The van der Waals surface area contributed by atoms with Crippen molar-refractivity contribution < 1.29 is 0 Å². The highest BCUT2D eigenvalue weighted by Crippen LogP contribution is 2.23. The third-order valence-corrected chi connectivity index (χ3v) is 3.61. The van der Waals surface area contributed by atoms with E-state index in [9.17, 15) is 0 Å². The quantitative estimate of drug-likeness (QED) is 0.942. The summed E-state index contributed by atoms with van der Waals surface area (Å²) in [6, 6.07) is 4.06. The minimum atomic E-state index is 0.396. The molecule has 0 radical (unpaired) electrons. The highest BCUT2D eigenvalue weighted by molar-refractivity contribution is 9.11. The number of anilines is 1. The molecule has 2 aromatic heterocycles. The zero-order valence-electron chi connectivity index (χ0n) is 7.58. The van der Waals surface area contributed by atoms with E-state index in [1.165, 1.54) is 4.88 Å². The van der Waals surface area contributed by atoms with Crippen molar-refractivity contribution in [2.75, 3.05) is 5.32 Å². The normalized spacial score (nSPS) is 10.3. The minimum Gasteiger partial charge on any atom is -0.363 e. The summed E-state index contributed by atoms with van der Waals surface area (Å²) in [5.74, 6) is 0.615. The van der Waals surface area contributed by atoms with Crippen molar-refractivity contribution in [2.45, 2.75) is 6.54 Å². The number of hydrogen-bond donors (Lipinski definition) is 1. The molecule has 1 N–H and O–H groups in total. The molecule has 0 saturated heterocycles. The van der Waals surface area contributed by atoms with Crippen molar-refractivity contribution in [1.29, 1.82) is 0 Å². The standard InChI is InChI=1S/C9H7BrClN3S/c10-7-2-1-6(15-7)5-14-9-8(11)12-3-4-13-9/h1-4H,5H2,(H,13,14). The third-order valence-electron chi connectivity index (χ3n) is 1.71. The summed E-state index contributed by atoms with van der Waals surface area (Å²) in [6.45, 7) is 0.703. The van der Waals surface area contributed by atoms with E-state index in [0.29, 0.717) is 17.5 Å².